The standard InChI is InChI=1S/C16H24N2O2/c1-2-8-20-15-5-3-4-12(10-15)9-13(11-17)16(19)18-14-6-7-14/h3-5,10,13-14H,2,6-9,11,17H2,1H3,(H,18,19). The predicted octanol–water partition coefficient (Wildman–Crippen LogP) is 1.87. The topological polar surface area (TPSA) is 64.3 Å². The van der Waals surface area contributed by atoms with Gasteiger partial charge in [0.05, 0.1) is 12.5 Å². The highest BCUT2D eigenvalue weighted by Gasteiger charge is 2.26. The Balaban J connectivity index is 1.93. The SMILES string of the molecule is CCCOc1cccc(CC(CN)C(=O)NC2CC2)c1. The molecule has 1 aliphatic carbocycles. The monoisotopic (exact) mass is 276 g/mol. The summed E-state index contributed by atoms with van der Waals surface area (Å²) in [6.45, 7) is 3.17. The van der Waals surface area contributed by atoms with Crippen LogP contribution in [-0.2, 0) is 11.2 Å². The summed E-state index contributed by atoms with van der Waals surface area (Å²) in [4.78, 5) is 12.1. The normalized spacial score (nSPS) is 15.7. The van der Waals surface area contributed by atoms with E-state index in [2.05, 4.69) is 12.2 Å². The van der Waals surface area contributed by atoms with Crippen LogP contribution >= 0.6 is 0 Å². The first-order chi connectivity index (χ1) is 9.72. The highest BCUT2D eigenvalue weighted by molar-refractivity contribution is 5.79. The lowest BCUT2D eigenvalue weighted by Gasteiger charge is -2.15. The molecule has 1 amide bonds. The summed E-state index contributed by atoms with van der Waals surface area (Å²) in [5, 5.41) is 3.02. The summed E-state index contributed by atoms with van der Waals surface area (Å²) in [5.74, 6) is 0.787. The molecule has 0 aromatic heterocycles. The Kier molecular flexibility index (Phi) is 5.41. The lowest BCUT2D eigenvalue weighted by molar-refractivity contribution is -0.124. The van der Waals surface area contributed by atoms with Gasteiger partial charge in [-0.1, -0.05) is 19.1 Å². The smallest absolute Gasteiger partial charge is 0.224 e. The molecule has 1 aromatic carbocycles. The molecule has 4 nitrogen and oxygen atoms in total. The predicted molar refractivity (Wildman–Crippen MR) is 79.6 cm³/mol. The fraction of sp³-hybridized carbons (Fsp3) is 0.562. The molecule has 1 aliphatic rings. The zero-order valence-corrected chi connectivity index (χ0v) is 12.1. The second-order valence-electron chi connectivity index (χ2n) is 5.42. The number of benzene rings is 1. The van der Waals surface area contributed by atoms with Crippen molar-refractivity contribution < 1.29 is 9.53 Å². The van der Waals surface area contributed by atoms with Crippen LogP contribution in [-0.4, -0.2) is 25.1 Å². The van der Waals surface area contributed by atoms with Crippen LogP contribution < -0.4 is 15.8 Å². The Morgan fingerprint density at radius 3 is 2.95 bits per heavy atom. The van der Waals surface area contributed by atoms with Gasteiger partial charge in [0, 0.05) is 12.6 Å². The lowest BCUT2D eigenvalue weighted by Crippen LogP contribution is -2.37. The van der Waals surface area contributed by atoms with Gasteiger partial charge in [-0.3, -0.25) is 4.79 Å². The van der Waals surface area contributed by atoms with Crippen molar-refractivity contribution in [3.05, 3.63) is 29.8 Å². The van der Waals surface area contributed by atoms with Crippen LogP contribution in [0.4, 0.5) is 0 Å². The third kappa shape index (κ3) is 4.53. The third-order valence-electron chi connectivity index (χ3n) is 3.43. The van der Waals surface area contributed by atoms with Gasteiger partial charge in [0.15, 0.2) is 0 Å². The maximum atomic E-state index is 12.1. The number of nitrogens with one attached hydrogen (secondary N) is 1. The number of carbonyl (C=O) groups excluding carboxylic acids is 1. The molecule has 110 valence electrons. The molecule has 0 radical (unpaired) electrons. The molecule has 4 heteroatoms. The number of amides is 1. The number of nitrogens with two attached hydrogens (primary N) is 1. The van der Waals surface area contributed by atoms with E-state index in [0.717, 1.165) is 30.6 Å². The van der Waals surface area contributed by atoms with E-state index < -0.39 is 0 Å². The third-order valence-corrected chi connectivity index (χ3v) is 3.43. The average molecular weight is 276 g/mol. The second kappa shape index (κ2) is 7.29. The first kappa shape index (κ1) is 14.9. The average Bonchev–Trinajstić information content (AvgIpc) is 3.26. The molecule has 0 spiro atoms. The number of hydrogen-bond acceptors (Lipinski definition) is 3. The van der Waals surface area contributed by atoms with E-state index in [-0.39, 0.29) is 11.8 Å². The van der Waals surface area contributed by atoms with Gasteiger partial charge in [0.25, 0.3) is 0 Å². The van der Waals surface area contributed by atoms with Crippen LogP contribution in [0, 0.1) is 5.92 Å². The summed E-state index contributed by atoms with van der Waals surface area (Å²) in [5.41, 5.74) is 6.84. The van der Waals surface area contributed by atoms with Crippen molar-refractivity contribution in [1.82, 2.24) is 5.32 Å². The molecule has 1 fully saturated rings. The van der Waals surface area contributed by atoms with E-state index in [1.54, 1.807) is 0 Å². The summed E-state index contributed by atoms with van der Waals surface area (Å²) in [6.07, 6.45) is 3.85. The summed E-state index contributed by atoms with van der Waals surface area (Å²) < 4.78 is 5.61. The van der Waals surface area contributed by atoms with Crippen LogP contribution in [0.1, 0.15) is 31.7 Å². The Morgan fingerprint density at radius 2 is 2.30 bits per heavy atom. The van der Waals surface area contributed by atoms with Gasteiger partial charge in [-0.2, -0.15) is 0 Å². The van der Waals surface area contributed by atoms with Gasteiger partial charge in [-0.05, 0) is 43.4 Å². The van der Waals surface area contributed by atoms with E-state index in [0.29, 0.717) is 25.6 Å². The maximum absolute atomic E-state index is 12.1. The fourth-order valence-corrected chi connectivity index (χ4v) is 2.10. The molecule has 1 unspecified atom stereocenters. The molecule has 1 aromatic rings. The number of rotatable bonds is 8. The fourth-order valence-electron chi connectivity index (χ4n) is 2.10. The van der Waals surface area contributed by atoms with Crippen molar-refractivity contribution >= 4 is 5.91 Å². The summed E-state index contributed by atoms with van der Waals surface area (Å²) >= 11 is 0. The Hall–Kier alpha value is -1.55. The molecule has 20 heavy (non-hydrogen) atoms. The minimum absolute atomic E-state index is 0.0786. The van der Waals surface area contributed by atoms with E-state index in [1.165, 1.54) is 0 Å². The minimum atomic E-state index is -0.156. The van der Waals surface area contributed by atoms with Crippen molar-refractivity contribution in [3.63, 3.8) is 0 Å². The molecule has 1 saturated carbocycles. The molecule has 0 heterocycles. The molecule has 1 atom stereocenters. The summed E-state index contributed by atoms with van der Waals surface area (Å²) in [6, 6.07) is 8.32. The Morgan fingerprint density at radius 1 is 1.50 bits per heavy atom. The minimum Gasteiger partial charge on any atom is -0.494 e. The van der Waals surface area contributed by atoms with E-state index in [1.807, 2.05) is 24.3 Å². The van der Waals surface area contributed by atoms with Gasteiger partial charge in [0.2, 0.25) is 5.91 Å². The molecular formula is C16H24N2O2. The molecule has 2 rings (SSSR count). The van der Waals surface area contributed by atoms with Gasteiger partial charge in [0.1, 0.15) is 5.75 Å². The van der Waals surface area contributed by atoms with Crippen molar-refractivity contribution in [3.8, 4) is 5.75 Å². The van der Waals surface area contributed by atoms with Crippen LogP contribution in [0.25, 0.3) is 0 Å². The van der Waals surface area contributed by atoms with Gasteiger partial charge >= 0.3 is 0 Å². The largest absolute Gasteiger partial charge is 0.494 e. The maximum Gasteiger partial charge on any atom is 0.224 e. The second-order valence-corrected chi connectivity index (χ2v) is 5.42. The zero-order valence-electron chi connectivity index (χ0n) is 12.1. The zero-order chi connectivity index (χ0) is 14.4. The van der Waals surface area contributed by atoms with Gasteiger partial charge in [-0.15, -0.1) is 0 Å². The van der Waals surface area contributed by atoms with Gasteiger partial charge < -0.3 is 15.8 Å². The number of carbonyl (C=O) groups is 1. The first-order valence-corrected chi connectivity index (χ1v) is 7.45. The van der Waals surface area contributed by atoms with E-state index >= 15 is 0 Å². The quantitative estimate of drug-likeness (QED) is 0.762. The van der Waals surface area contributed by atoms with Crippen molar-refractivity contribution in [2.45, 2.75) is 38.6 Å². The Bertz CT molecular complexity index is 444. The van der Waals surface area contributed by atoms with Crippen LogP contribution in [0.3, 0.4) is 0 Å². The number of ether oxygens (including phenoxy) is 1. The number of hydrogen-bond donors (Lipinski definition) is 2. The van der Waals surface area contributed by atoms with Crippen molar-refractivity contribution in [2.75, 3.05) is 13.2 Å². The van der Waals surface area contributed by atoms with Crippen molar-refractivity contribution in [2.24, 2.45) is 11.7 Å². The van der Waals surface area contributed by atoms with Gasteiger partial charge in [-0.25, -0.2) is 0 Å². The van der Waals surface area contributed by atoms with E-state index in [9.17, 15) is 4.79 Å². The Labute approximate surface area is 120 Å². The lowest BCUT2D eigenvalue weighted by atomic mass is 9.98. The van der Waals surface area contributed by atoms with Crippen LogP contribution in [0.15, 0.2) is 24.3 Å². The highest BCUT2D eigenvalue weighted by Crippen LogP contribution is 2.21. The van der Waals surface area contributed by atoms with Crippen LogP contribution in [0.5, 0.6) is 5.75 Å². The first-order valence-electron chi connectivity index (χ1n) is 7.45. The molecule has 3 N–H and O–H groups in total. The highest BCUT2D eigenvalue weighted by atomic mass is 16.5. The van der Waals surface area contributed by atoms with Crippen molar-refractivity contribution in [1.29, 1.82) is 0 Å². The van der Waals surface area contributed by atoms with E-state index in [4.69, 9.17) is 10.5 Å². The van der Waals surface area contributed by atoms with Crippen LogP contribution in [0.2, 0.25) is 0 Å². The summed E-state index contributed by atoms with van der Waals surface area (Å²) in [7, 11) is 0. The molecular weight excluding hydrogens is 252 g/mol. The molecule has 0 bridgehead atoms. The molecule has 0 aliphatic heterocycles. The molecule has 0 saturated heterocycles.